The van der Waals surface area contributed by atoms with Gasteiger partial charge in [-0.05, 0) is 47.9 Å². The second kappa shape index (κ2) is 9.77. The summed E-state index contributed by atoms with van der Waals surface area (Å²) in [5.74, 6) is -0.394. The van der Waals surface area contributed by atoms with E-state index in [1.807, 2.05) is 28.1 Å². The number of hydrogen-bond acceptors (Lipinski definition) is 5. The highest BCUT2D eigenvalue weighted by molar-refractivity contribution is 5.94. The van der Waals surface area contributed by atoms with Crippen molar-refractivity contribution in [2.75, 3.05) is 6.54 Å². The van der Waals surface area contributed by atoms with Crippen LogP contribution >= 0.6 is 0 Å². The maximum atomic E-state index is 13.3. The molecule has 1 fully saturated rings. The Balaban J connectivity index is 1.54. The van der Waals surface area contributed by atoms with E-state index in [-0.39, 0.29) is 23.7 Å². The van der Waals surface area contributed by atoms with Crippen LogP contribution in [0.25, 0.3) is 0 Å². The molecule has 0 spiro atoms. The van der Waals surface area contributed by atoms with Crippen molar-refractivity contribution in [3.8, 4) is 11.8 Å². The van der Waals surface area contributed by atoms with E-state index in [0.717, 1.165) is 30.4 Å². The molecule has 0 bridgehead atoms. The molecule has 2 aliphatic rings. The Morgan fingerprint density at radius 3 is 2.47 bits per heavy atom. The minimum absolute atomic E-state index is 0.0696. The van der Waals surface area contributed by atoms with Crippen LogP contribution in [-0.2, 0) is 11.3 Å². The molecule has 1 saturated heterocycles. The fraction of sp³-hybridized carbons (Fsp3) is 0.360. The van der Waals surface area contributed by atoms with Gasteiger partial charge in [-0.15, -0.1) is 13.2 Å². The van der Waals surface area contributed by atoms with Crippen LogP contribution in [0.5, 0.6) is 5.75 Å². The zero-order valence-corrected chi connectivity index (χ0v) is 18.7. The van der Waals surface area contributed by atoms with E-state index >= 15 is 0 Å². The fourth-order valence-corrected chi connectivity index (χ4v) is 4.30. The normalized spacial score (nSPS) is 20.1. The Labute approximate surface area is 196 Å². The number of alkyl halides is 3. The quantitative estimate of drug-likeness (QED) is 0.630. The topological polar surface area (TPSA) is 68.6 Å². The van der Waals surface area contributed by atoms with Gasteiger partial charge in [-0.2, -0.15) is 5.26 Å². The van der Waals surface area contributed by atoms with Crippen LogP contribution < -0.4 is 10.2 Å². The largest absolute Gasteiger partial charge is 0.573 e. The zero-order valence-electron chi connectivity index (χ0n) is 18.7. The molecule has 178 valence electrons. The highest BCUT2D eigenvalue weighted by atomic mass is 19.4. The highest BCUT2D eigenvalue weighted by Crippen LogP contribution is 2.33. The number of carbonyl (C=O) groups excluding carboxylic acids is 1. The molecular weight excluding hydrogens is 445 g/mol. The number of nitriles is 1. The molecule has 6 nitrogen and oxygen atoms in total. The van der Waals surface area contributed by atoms with Crippen LogP contribution in [0.15, 0.2) is 60.3 Å². The number of ether oxygens (including phenoxy) is 1. The van der Waals surface area contributed by atoms with Crippen LogP contribution in [0, 0.1) is 11.3 Å². The summed E-state index contributed by atoms with van der Waals surface area (Å²) in [5.41, 5.74) is 6.15. The number of nitrogens with one attached hydrogen (secondary N) is 1. The summed E-state index contributed by atoms with van der Waals surface area (Å²) in [7, 11) is 0. The van der Waals surface area contributed by atoms with E-state index in [4.69, 9.17) is 5.26 Å². The first-order valence-corrected chi connectivity index (χ1v) is 11.2. The van der Waals surface area contributed by atoms with Crippen molar-refractivity contribution >= 4 is 5.91 Å². The number of carbonyl (C=O) groups is 1. The van der Waals surface area contributed by atoms with E-state index < -0.39 is 6.36 Å². The molecule has 0 radical (unpaired) electrons. The van der Waals surface area contributed by atoms with Crippen molar-refractivity contribution < 1.29 is 22.7 Å². The SMILES string of the molecule is CCCCC1CN(Cc2ccc(C#N)cc2)C(=O)C2=CC(c3ccc(OC(F)(F)F)cc3)NN21. The van der Waals surface area contributed by atoms with Gasteiger partial charge in [0.05, 0.1) is 23.7 Å². The Bertz CT molecular complexity index is 1090. The number of fused-ring (bicyclic) bond motifs is 1. The maximum absolute atomic E-state index is 13.3. The van der Waals surface area contributed by atoms with E-state index in [1.54, 1.807) is 24.3 Å². The smallest absolute Gasteiger partial charge is 0.406 e. The summed E-state index contributed by atoms with van der Waals surface area (Å²) >= 11 is 0. The van der Waals surface area contributed by atoms with E-state index in [1.165, 1.54) is 12.1 Å². The molecule has 0 aliphatic carbocycles. The lowest BCUT2D eigenvalue weighted by molar-refractivity contribution is -0.274. The van der Waals surface area contributed by atoms with Crippen LogP contribution in [0.4, 0.5) is 13.2 Å². The van der Waals surface area contributed by atoms with E-state index in [0.29, 0.717) is 24.4 Å². The lowest BCUT2D eigenvalue weighted by atomic mass is 10.0. The number of halogens is 3. The van der Waals surface area contributed by atoms with Crippen LogP contribution in [0.3, 0.4) is 0 Å². The third-order valence-electron chi connectivity index (χ3n) is 5.99. The molecule has 0 aromatic heterocycles. The number of piperazine rings is 1. The molecule has 1 N–H and O–H groups in total. The van der Waals surface area contributed by atoms with Crippen molar-refractivity contribution in [3.05, 3.63) is 77.0 Å². The Hall–Kier alpha value is -3.51. The molecule has 34 heavy (non-hydrogen) atoms. The van der Waals surface area contributed by atoms with Gasteiger partial charge in [-0.25, -0.2) is 5.43 Å². The van der Waals surface area contributed by atoms with Gasteiger partial charge < -0.3 is 9.64 Å². The molecule has 9 heteroatoms. The van der Waals surface area contributed by atoms with E-state index in [2.05, 4.69) is 23.2 Å². The van der Waals surface area contributed by atoms with Crippen molar-refractivity contribution in [2.24, 2.45) is 0 Å². The second-order valence-electron chi connectivity index (χ2n) is 8.44. The number of unbranched alkanes of at least 4 members (excludes halogenated alkanes) is 1. The molecule has 0 saturated carbocycles. The maximum Gasteiger partial charge on any atom is 0.573 e. The molecule has 2 unspecified atom stereocenters. The first kappa shape index (κ1) is 23.6. The summed E-state index contributed by atoms with van der Waals surface area (Å²) in [6.45, 7) is 3.10. The molecule has 2 atom stereocenters. The number of amides is 1. The first-order chi connectivity index (χ1) is 16.3. The molecule has 1 amide bonds. The zero-order chi connectivity index (χ0) is 24.3. The number of rotatable bonds is 7. The van der Waals surface area contributed by atoms with Crippen molar-refractivity contribution in [1.82, 2.24) is 15.3 Å². The average Bonchev–Trinajstić information content (AvgIpc) is 3.26. The minimum atomic E-state index is -4.74. The predicted octanol–water partition coefficient (Wildman–Crippen LogP) is 4.80. The third-order valence-corrected chi connectivity index (χ3v) is 5.99. The van der Waals surface area contributed by atoms with Gasteiger partial charge in [0.25, 0.3) is 5.91 Å². The number of benzene rings is 2. The van der Waals surface area contributed by atoms with Gasteiger partial charge in [0.1, 0.15) is 11.4 Å². The van der Waals surface area contributed by atoms with Gasteiger partial charge in [-0.3, -0.25) is 9.80 Å². The van der Waals surface area contributed by atoms with Gasteiger partial charge in [0.2, 0.25) is 0 Å². The number of hydrogen-bond donors (Lipinski definition) is 1. The van der Waals surface area contributed by atoms with Gasteiger partial charge >= 0.3 is 6.36 Å². The standard InChI is InChI=1S/C25H25F3N4O2/c1-2-3-4-20-16-31(15-18-7-5-17(14-29)6-8-18)24(33)23-13-22(30-32(20)23)19-9-11-21(12-10-19)34-25(26,27)28/h5-13,20,22,30H,2-4,15-16H2,1H3. The highest BCUT2D eigenvalue weighted by Gasteiger charge is 2.40. The molecular formula is C25H25F3N4O2. The summed E-state index contributed by atoms with van der Waals surface area (Å²) in [5, 5.41) is 10.9. The van der Waals surface area contributed by atoms with Crippen molar-refractivity contribution in [3.63, 3.8) is 0 Å². The molecule has 2 heterocycles. The Morgan fingerprint density at radius 2 is 1.85 bits per heavy atom. The molecule has 2 aromatic rings. The Kier molecular flexibility index (Phi) is 6.80. The third kappa shape index (κ3) is 5.34. The molecule has 2 aliphatic heterocycles. The van der Waals surface area contributed by atoms with Crippen molar-refractivity contribution in [2.45, 2.75) is 51.2 Å². The fourth-order valence-electron chi connectivity index (χ4n) is 4.30. The van der Waals surface area contributed by atoms with Crippen LogP contribution in [0.2, 0.25) is 0 Å². The van der Waals surface area contributed by atoms with Gasteiger partial charge in [0.15, 0.2) is 0 Å². The number of nitrogens with zero attached hydrogens (tertiary/aromatic N) is 3. The van der Waals surface area contributed by atoms with Crippen LogP contribution in [0.1, 0.15) is 48.9 Å². The average molecular weight is 470 g/mol. The second-order valence-corrected chi connectivity index (χ2v) is 8.44. The summed E-state index contributed by atoms with van der Waals surface area (Å²) in [6.07, 6.45) is 0.00217. The first-order valence-electron chi connectivity index (χ1n) is 11.2. The number of hydrazine groups is 1. The lowest BCUT2D eigenvalue weighted by Gasteiger charge is -2.41. The van der Waals surface area contributed by atoms with Gasteiger partial charge in [0, 0.05) is 13.1 Å². The molecule has 4 rings (SSSR count). The van der Waals surface area contributed by atoms with Gasteiger partial charge in [-0.1, -0.05) is 44.0 Å². The van der Waals surface area contributed by atoms with E-state index in [9.17, 15) is 18.0 Å². The monoisotopic (exact) mass is 470 g/mol. The van der Waals surface area contributed by atoms with Crippen LogP contribution in [-0.4, -0.2) is 34.8 Å². The minimum Gasteiger partial charge on any atom is -0.406 e. The van der Waals surface area contributed by atoms with Crippen molar-refractivity contribution in [1.29, 1.82) is 5.26 Å². The molecule has 2 aromatic carbocycles. The summed E-state index contributed by atoms with van der Waals surface area (Å²) in [6, 6.07) is 14.7. The Morgan fingerprint density at radius 1 is 1.15 bits per heavy atom. The lowest BCUT2D eigenvalue weighted by Crippen LogP contribution is -2.56. The summed E-state index contributed by atoms with van der Waals surface area (Å²) < 4.78 is 41.3. The summed E-state index contributed by atoms with van der Waals surface area (Å²) in [4.78, 5) is 15.1. The predicted molar refractivity (Wildman–Crippen MR) is 119 cm³/mol.